The van der Waals surface area contributed by atoms with E-state index in [2.05, 4.69) is 75.7 Å². The van der Waals surface area contributed by atoms with Crippen LogP contribution in [0.2, 0.25) is 27.3 Å². The van der Waals surface area contributed by atoms with Gasteiger partial charge in [0.05, 0.1) is 12.9 Å². The van der Waals surface area contributed by atoms with Crippen LogP contribution in [0.3, 0.4) is 0 Å². The molecular formula is C25H42ClN5O6Si2. The number of fused-ring (bicyclic) bond motifs is 2. The lowest BCUT2D eigenvalue weighted by atomic mass is 9.96. The standard InChI is InChI=1S/C25H42ClN5O6Si2/c1-13(2)38(14(3)4)34-11-18-20(36-39(37-38,15(5)6)16(7)8)25(10,33)23(35-18)31-12-27-19-21(26)29-24(28-17(9)32)30-22(19)31/h12-16,18,20,23,33H,11H2,1-10H3,(H,28,29,30,32)/t18-,20+,23+,25?/m0/s1. The smallest absolute Gasteiger partial charge is 0.335 e. The molecule has 2 fully saturated rings. The maximum Gasteiger partial charge on any atom is 0.335 e. The summed E-state index contributed by atoms with van der Waals surface area (Å²) in [5.74, 6) is -0.301. The van der Waals surface area contributed by atoms with Gasteiger partial charge in [0.2, 0.25) is 11.9 Å². The Bertz CT molecular complexity index is 1210. The van der Waals surface area contributed by atoms with Gasteiger partial charge >= 0.3 is 17.1 Å². The fourth-order valence-corrected chi connectivity index (χ4v) is 17.4. The van der Waals surface area contributed by atoms with Crippen molar-refractivity contribution in [2.75, 3.05) is 11.9 Å². The summed E-state index contributed by atoms with van der Waals surface area (Å²) >= 11 is 6.37. The molecule has 4 atom stereocenters. The number of nitrogens with zero attached hydrogens (tertiary/aromatic N) is 4. The topological polar surface area (TPSA) is 130 Å². The van der Waals surface area contributed by atoms with Crippen molar-refractivity contribution >= 4 is 51.7 Å². The van der Waals surface area contributed by atoms with Crippen molar-refractivity contribution in [1.29, 1.82) is 0 Å². The van der Waals surface area contributed by atoms with Gasteiger partial charge in [-0.25, -0.2) is 4.98 Å². The fourth-order valence-electron chi connectivity index (χ4n) is 5.95. The zero-order valence-corrected chi connectivity index (χ0v) is 27.2. The van der Waals surface area contributed by atoms with E-state index in [-0.39, 0.29) is 45.8 Å². The van der Waals surface area contributed by atoms with Gasteiger partial charge in [-0.1, -0.05) is 67.0 Å². The number of aromatic nitrogens is 4. The molecule has 2 N–H and O–H groups in total. The van der Waals surface area contributed by atoms with E-state index < -0.39 is 41.2 Å². The van der Waals surface area contributed by atoms with Gasteiger partial charge in [0.1, 0.15) is 23.3 Å². The molecule has 0 radical (unpaired) electrons. The number of nitrogens with one attached hydrogen (secondary N) is 1. The van der Waals surface area contributed by atoms with Gasteiger partial charge < -0.3 is 22.8 Å². The maximum atomic E-state index is 12.1. The minimum atomic E-state index is -2.98. The average Bonchev–Trinajstić information content (AvgIpc) is 3.31. The summed E-state index contributed by atoms with van der Waals surface area (Å²) in [6.07, 6.45) is -0.701. The first-order valence-corrected chi connectivity index (χ1v) is 18.0. The number of halogens is 1. The molecule has 4 rings (SSSR count). The first-order chi connectivity index (χ1) is 18.1. The summed E-state index contributed by atoms with van der Waals surface area (Å²) < 4.78 is 29.3. The first kappa shape index (κ1) is 30.5. The lowest BCUT2D eigenvalue weighted by molar-refractivity contribution is -0.114. The molecule has 2 aliphatic rings. The Kier molecular flexibility index (Phi) is 8.40. The second-order valence-corrected chi connectivity index (χ2v) is 21.3. The molecule has 0 saturated carbocycles. The summed E-state index contributed by atoms with van der Waals surface area (Å²) in [7, 11) is -5.75. The van der Waals surface area contributed by atoms with E-state index in [0.717, 1.165) is 0 Å². The maximum absolute atomic E-state index is 12.1. The van der Waals surface area contributed by atoms with Gasteiger partial charge in [-0.05, 0) is 29.1 Å². The zero-order valence-electron chi connectivity index (χ0n) is 24.5. The third-order valence-electron chi connectivity index (χ3n) is 7.96. The third-order valence-corrected chi connectivity index (χ3v) is 18.5. The number of carbonyl (C=O) groups excluding carboxylic acids is 1. The summed E-state index contributed by atoms with van der Waals surface area (Å²) in [5, 5.41) is 14.7. The highest BCUT2D eigenvalue weighted by Gasteiger charge is 2.64. The summed E-state index contributed by atoms with van der Waals surface area (Å²) in [6, 6.07) is 0. The normalized spacial score (nSPS) is 28.8. The van der Waals surface area contributed by atoms with Crippen molar-refractivity contribution in [1.82, 2.24) is 19.5 Å². The fraction of sp³-hybridized carbons (Fsp3) is 0.760. The summed E-state index contributed by atoms with van der Waals surface area (Å²) in [5.41, 5.74) is -0.295. The molecule has 0 spiro atoms. The van der Waals surface area contributed by atoms with Crippen molar-refractivity contribution in [2.45, 2.75) is 115 Å². The molecule has 1 amide bonds. The van der Waals surface area contributed by atoms with Crippen molar-refractivity contribution < 1.29 is 27.6 Å². The lowest BCUT2D eigenvalue weighted by Crippen LogP contribution is -2.66. The number of ether oxygens (including phenoxy) is 1. The van der Waals surface area contributed by atoms with Crippen molar-refractivity contribution in [2.24, 2.45) is 0 Å². The lowest BCUT2D eigenvalue weighted by Gasteiger charge is -2.52. The number of amides is 1. The third kappa shape index (κ3) is 5.09. The summed E-state index contributed by atoms with van der Waals surface area (Å²) in [6.45, 7) is 20.5. The van der Waals surface area contributed by atoms with Gasteiger partial charge in [-0.15, -0.1) is 0 Å². The van der Waals surface area contributed by atoms with Crippen LogP contribution in [0.5, 0.6) is 0 Å². The monoisotopic (exact) mass is 599 g/mol. The Labute approximate surface area is 237 Å². The Balaban J connectivity index is 1.83. The van der Waals surface area contributed by atoms with Crippen molar-refractivity contribution in [3.63, 3.8) is 0 Å². The minimum Gasteiger partial charge on any atom is -0.414 e. The average molecular weight is 600 g/mol. The van der Waals surface area contributed by atoms with Crippen LogP contribution in [0.25, 0.3) is 11.2 Å². The Morgan fingerprint density at radius 1 is 1.10 bits per heavy atom. The second-order valence-electron chi connectivity index (χ2n) is 12.1. The molecular weight excluding hydrogens is 558 g/mol. The highest BCUT2D eigenvalue weighted by Crippen LogP contribution is 2.51. The van der Waals surface area contributed by atoms with Crippen molar-refractivity contribution in [3.05, 3.63) is 11.5 Å². The predicted molar refractivity (Wildman–Crippen MR) is 153 cm³/mol. The molecule has 0 aromatic carbocycles. The van der Waals surface area contributed by atoms with Crippen LogP contribution in [0.1, 0.15) is 75.5 Å². The molecule has 2 aromatic rings. The van der Waals surface area contributed by atoms with E-state index >= 15 is 0 Å². The second kappa shape index (κ2) is 10.7. The van der Waals surface area contributed by atoms with Crippen LogP contribution in [0.15, 0.2) is 6.33 Å². The largest absolute Gasteiger partial charge is 0.414 e. The molecule has 2 saturated heterocycles. The summed E-state index contributed by atoms with van der Waals surface area (Å²) in [4.78, 5) is 24.6. The van der Waals surface area contributed by atoms with Crippen LogP contribution >= 0.6 is 11.6 Å². The van der Waals surface area contributed by atoms with Gasteiger partial charge in [-0.2, -0.15) is 9.97 Å². The van der Waals surface area contributed by atoms with Crippen LogP contribution in [0.4, 0.5) is 5.95 Å². The number of carbonyl (C=O) groups is 1. The number of aliphatic hydroxyl groups is 1. The Morgan fingerprint density at radius 3 is 2.23 bits per heavy atom. The van der Waals surface area contributed by atoms with Crippen LogP contribution in [0, 0.1) is 0 Å². The molecule has 11 nitrogen and oxygen atoms in total. The van der Waals surface area contributed by atoms with E-state index in [9.17, 15) is 9.90 Å². The molecule has 1 unspecified atom stereocenters. The highest BCUT2D eigenvalue weighted by molar-refractivity contribution is 6.84. The van der Waals surface area contributed by atoms with E-state index in [1.54, 1.807) is 11.5 Å². The molecule has 218 valence electrons. The number of imidazole rings is 1. The number of anilines is 1. The quantitative estimate of drug-likeness (QED) is 0.346. The van der Waals surface area contributed by atoms with Gasteiger partial charge in [0, 0.05) is 6.92 Å². The molecule has 4 heterocycles. The van der Waals surface area contributed by atoms with Crippen LogP contribution in [-0.2, 0) is 22.5 Å². The predicted octanol–water partition coefficient (Wildman–Crippen LogP) is 5.04. The van der Waals surface area contributed by atoms with E-state index in [0.29, 0.717) is 11.2 Å². The molecule has 14 heteroatoms. The molecule has 0 bridgehead atoms. The Morgan fingerprint density at radius 2 is 1.69 bits per heavy atom. The molecule has 0 aliphatic carbocycles. The van der Waals surface area contributed by atoms with Crippen LogP contribution < -0.4 is 5.32 Å². The zero-order chi connectivity index (χ0) is 29.1. The van der Waals surface area contributed by atoms with E-state index in [4.69, 9.17) is 29.3 Å². The molecule has 39 heavy (non-hydrogen) atoms. The van der Waals surface area contributed by atoms with E-state index in [1.807, 2.05) is 0 Å². The van der Waals surface area contributed by atoms with E-state index in [1.165, 1.54) is 13.3 Å². The first-order valence-electron chi connectivity index (χ1n) is 13.6. The van der Waals surface area contributed by atoms with Gasteiger partial charge in [0.15, 0.2) is 17.0 Å². The number of hydrogen-bond donors (Lipinski definition) is 2. The Hall–Kier alpha value is -1.46. The van der Waals surface area contributed by atoms with Gasteiger partial charge in [-0.3, -0.25) is 14.7 Å². The molecule has 2 aliphatic heterocycles. The SMILES string of the molecule is CC(=O)Nc1nc(Cl)c2ncn([C@@H]3O[C@H]4CO[Si](C(C)C)(C(C)C)O[Si](C(C)C)(C(C)C)O[C@H]4C3(C)O)c2n1. The number of rotatable bonds is 6. The number of hydrogen-bond acceptors (Lipinski definition) is 9. The van der Waals surface area contributed by atoms with Gasteiger partial charge in [0.25, 0.3) is 0 Å². The van der Waals surface area contributed by atoms with Crippen molar-refractivity contribution in [3.8, 4) is 0 Å². The highest BCUT2D eigenvalue weighted by atomic mass is 35.5. The minimum absolute atomic E-state index is 0.0362. The van der Waals surface area contributed by atoms with Crippen LogP contribution in [-0.4, -0.2) is 72.1 Å². The molecule has 2 aromatic heterocycles.